The van der Waals surface area contributed by atoms with Crippen molar-refractivity contribution in [3.05, 3.63) is 24.3 Å². The highest BCUT2D eigenvalue weighted by atomic mass is 32.2. The van der Waals surface area contributed by atoms with Gasteiger partial charge in [0.15, 0.2) is 0 Å². The van der Waals surface area contributed by atoms with Crippen molar-refractivity contribution in [2.75, 3.05) is 31.3 Å². The van der Waals surface area contributed by atoms with Crippen LogP contribution in [0.3, 0.4) is 0 Å². The Morgan fingerprint density at radius 3 is 2.15 bits per heavy atom. The average molecular weight is 380 g/mol. The lowest BCUT2D eigenvalue weighted by atomic mass is 9.79. The van der Waals surface area contributed by atoms with E-state index in [1.165, 1.54) is 10.6 Å². The Balaban J connectivity index is 1.68. The second-order valence-corrected chi connectivity index (χ2v) is 10.4. The van der Waals surface area contributed by atoms with Gasteiger partial charge in [0.25, 0.3) is 0 Å². The highest BCUT2D eigenvalue weighted by molar-refractivity contribution is 7.88. The standard InChI is InChI=1S/C18H29BN2O4S/c1-17(2)18(3,4)25-19(24-17)14-7-9-15(10-8-14)21-12-11-16(13-21)20(5)26(6,22)23/h7-10,16H,11-13H2,1-6H3/t16-/m1/s1. The summed E-state index contributed by atoms with van der Waals surface area (Å²) >= 11 is 0. The first-order valence-corrected chi connectivity index (χ1v) is 10.9. The Bertz CT molecular complexity index is 748. The summed E-state index contributed by atoms with van der Waals surface area (Å²) in [4.78, 5) is 2.22. The van der Waals surface area contributed by atoms with Crippen LogP contribution in [0.15, 0.2) is 24.3 Å². The van der Waals surface area contributed by atoms with Gasteiger partial charge in [-0.15, -0.1) is 0 Å². The maximum absolute atomic E-state index is 11.7. The number of hydrogen-bond donors (Lipinski definition) is 0. The first kappa shape index (κ1) is 19.7. The van der Waals surface area contributed by atoms with Crippen molar-refractivity contribution in [3.63, 3.8) is 0 Å². The van der Waals surface area contributed by atoms with E-state index in [-0.39, 0.29) is 24.4 Å². The highest BCUT2D eigenvalue weighted by Crippen LogP contribution is 2.36. The van der Waals surface area contributed by atoms with Gasteiger partial charge in [-0.05, 0) is 51.7 Å². The summed E-state index contributed by atoms with van der Waals surface area (Å²) in [5.74, 6) is 0. The molecule has 0 aliphatic carbocycles. The van der Waals surface area contributed by atoms with Gasteiger partial charge in [-0.1, -0.05) is 12.1 Å². The minimum Gasteiger partial charge on any atom is -0.399 e. The maximum atomic E-state index is 11.7. The van der Waals surface area contributed by atoms with Crippen molar-refractivity contribution >= 4 is 28.3 Å². The lowest BCUT2D eigenvalue weighted by molar-refractivity contribution is 0.00578. The SMILES string of the molecule is CN([C@@H]1CCN(c2ccc(B3OC(C)(C)C(C)(C)O3)cc2)C1)S(C)(=O)=O. The van der Waals surface area contributed by atoms with E-state index in [1.54, 1.807) is 7.05 Å². The lowest BCUT2D eigenvalue weighted by Crippen LogP contribution is -2.41. The van der Waals surface area contributed by atoms with Crippen LogP contribution in [0.4, 0.5) is 5.69 Å². The highest BCUT2D eigenvalue weighted by Gasteiger charge is 2.51. The molecule has 0 spiro atoms. The predicted octanol–water partition coefficient (Wildman–Crippen LogP) is 1.46. The largest absolute Gasteiger partial charge is 0.494 e. The number of rotatable bonds is 4. The monoisotopic (exact) mass is 380 g/mol. The molecule has 26 heavy (non-hydrogen) atoms. The molecule has 2 aliphatic heterocycles. The zero-order valence-corrected chi connectivity index (χ0v) is 17.3. The van der Waals surface area contributed by atoms with Crippen LogP contribution in [-0.4, -0.2) is 63.5 Å². The molecule has 8 heteroatoms. The fourth-order valence-electron chi connectivity index (χ4n) is 3.37. The van der Waals surface area contributed by atoms with Crippen molar-refractivity contribution in [2.24, 2.45) is 0 Å². The maximum Gasteiger partial charge on any atom is 0.494 e. The summed E-state index contributed by atoms with van der Waals surface area (Å²) in [5.41, 5.74) is 1.38. The van der Waals surface area contributed by atoms with Gasteiger partial charge in [-0.3, -0.25) is 0 Å². The van der Waals surface area contributed by atoms with Crippen LogP contribution in [0.25, 0.3) is 0 Å². The number of benzene rings is 1. The summed E-state index contributed by atoms with van der Waals surface area (Å²) in [7, 11) is -1.86. The van der Waals surface area contributed by atoms with E-state index in [2.05, 4.69) is 17.0 Å². The van der Waals surface area contributed by atoms with Crippen molar-refractivity contribution in [2.45, 2.75) is 51.4 Å². The molecule has 1 aromatic carbocycles. The van der Waals surface area contributed by atoms with Gasteiger partial charge in [-0.25, -0.2) is 12.7 Å². The third-order valence-corrected chi connectivity index (χ3v) is 7.33. The summed E-state index contributed by atoms with van der Waals surface area (Å²) in [6.45, 7) is 9.74. The van der Waals surface area contributed by atoms with Gasteiger partial charge in [0.05, 0.1) is 17.5 Å². The number of likely N-dealkylation sites (N-methyl/N-ethyl adjacent to an activating group) is 1. The second kappa shape index (κ2) is 6.51. The molecular formula is C18H29BN2O4S. The molecule has 1 aromatic rings. The number of sulfonamides is 1. The molecule has 2 heterocycles. The van der Waals surface area contributed by atoms with Gasteiger partial charge < -0.3 is 14.2 Å². The Hall–Kier alpha value is -1.09. The van der Waals surface area contributed by atoms with E-state index in [1.807, 2.05) is 39.8 Å². The topological polar surface area (TPSA) is 59.1 Å². The fourth-order valence-corrected chi connectivity index (χ4v) is 4.08. The Morgan fingerprint density at radius 1 is 1.12 bits per heavy atom. The molecule has 0 unspecified atom stereocenters. The van der Waals surface area contributed by atoms with Crippen LogP contribution in [-0.2, 0) is 19.3 Å². The van der Waals surface area contributed by atoms with Crippen LogP contribution in [0, 0.1) is 0 Å². The van der Waals surface area contributed by atoms with E-state index in [4.69, 9.17) is 9.31 Å². The van der Waals surface area contributed by atoms with Crippen LogP contribution in [0.5, 0.6) is 0 Å². The quantitative estimate of drug-likeness (QED) is 0.741. The molecule has 0 amide bonds. The van der Waals surface area contributed by atoms with Crippen LogP contribution in [0.1, 0.15) is 34.1 Å². The molecule has 2 fully saturated rings. The van der Waals surface area contributed by atoms with Gasteiger partial charge in [0, 0.05) is 31.9 Å². The average Bonchev–Trinajstić information content (AvgIpc) is 3.09. The second-order valence-electron chi connectivity index (χ2n) is 8.35. The van der Waals surface area contributed by atoms with E-state index in [9.17, 15) is 8.42 Å². The molecule has 2 saturated heterocycles. The molecule has 1 atom stereocenters. The van der Waals surface area contributed by atoms with Crippen LogP contribution in [0.2, 0.25) is 0 Å². The first-order chi connectivity index (χ1) is 11.9. The van der Waals surface area contributed by atoms with Crippen LogP contribution >= 0.6 is 0 Å². The van der Waals surface area contributed by atoms with Crippen molar-refractivity contribution in [3.8, 4) is 0 Å². The van der Waals surface area contributed by atoms with E-state index in [0.717, 1.165) is 24.1 Å². The fraction of sp³-hybridized carbons (Fsp3) is 0.667. The number of nitrogens with zero attached hydrogens (tertiary/aromatic N) is 2. The predicted molar refractivity (Wildman–Crippen MR) is 105 cm³/mol. The third kappa shape index (κ3) is 3.65. The summed E-state index contributed by atoms with van der Waals surface area (Å²) in [6, 6.07) is 8.20. The third-order valence-electron chi connectivity index (χ3n) is 5.98. The molecule has 0 N–H and O–H groups in total. The number of hydrogen-bond acceptors (Lipinski definition) is 5. The normalized spacial score (nSPS) is 25.3. The van der Waals surface area contributed by atoms with Gasteiger partial charge in [0.2, 0.25) is 10.0 Å². The molecule has 0 radical (unpaired) electrons. The number of anilines is 1. The first-order valence-electron chi connectivity index (χ1n) is 9.04. The van der Waals surface area contributed by atoms with Gasteiger partial charge >= 0.3 is 7.12 Å². The molecule has 0 saturated carbocycles. The Morgan fingerprint density at radius 2 is 1.65 bits per heavy atom. The summed E-state index contributed by atoms with van der Waals surface area (Å²) < 4.78 is 37.1. The zero-order chi connectivity index (χ0) is 19.3. The van der Waals surface area contributed by atoms with Gasteiger partial charge in [-0.2, -0.15) is 0 Å². The minimum absolute atomic E-state index is 0.0211. The molecule has 6 nitrogen and oxygen atoms in total. The van der Waals surface area contributed by atoms with Crippen molar-refractivity contribution < 1.29 is 17.7 Å². The van der Waals surface area contributed by atoms with Crippen molar-refractivity contribution in [1.82, 2.24) is 4.31 Å². The molecule has 144 valence electrons. The van der Waals surface area contributed by atoms with E-state index >= 15 is 0 Å². The molecule has 3 rings (SSSR count). The van der Waals surface area contributed by atoms with E-state index in [0.29, 0.717) is 6.54 Å². The lowest BCUT2D eigenvalue weighted by Gasteiger charge is -2.32. The van der Waals surface area contributed by atoms with E-state index < -0.39 is 10.0 Å². The van der Waals surface area contributed by atoms with Crippen LogP contribution < -0.4 is 10.4 Å². The summed E-state index contributed by atoms with van der Waals surface area (Å²) in [5, 5.41) is 0. The Kier molecular flexibility index (Phi) is 4.93. The Labute approximate surface area is 157 Å². The molecule has 0 aromatic heterocycles. The molecular weight excluding hydrogens is 351 g/mol. The molecule has 2 aliphatic rings. The molecule has 0 bridgehead atoms. The van der Waals surface area contributed by atoms with Gasteiger partial charge in [0.1, 0.15) is 0 Å². The summed E-state index contributed by atoms with van der Waals surface area (Å²) in [6.07, 6.45) is 2.09. The smallest absolute Gasteiger partial charge is 0.399 e. The van der Waals surface area contributed by atoms with Crippen molar-refractivity contribution in [1.29, 1.82) is 0 Å². The zero-order valence-electron chi connectivity index (χ0n) is 16.5. The minimum atomic E-state index is -3.16.